The Kier molecular flexibility index (Phi) is 8.59. The van der Waals surface area contributed by atoms with E-state index < -0.39 is 5.41 Å². The van der Waals surface area contributed by atoms with Crippen molar-refractivity contribution >= 4 is 27.8 Å². The van der Waals surface area contributed by atoms with Crippen LogP contribution in [0.3, 0.4) is 0 Å². The van der Waals surface area contributed by atoms with Crippen LogP contribution in [0.15, 0.2) is 188 Å². The van der Waals surface area contributed by atoms with E-state index in [1.165, 1.54) is 116 Å². The van der Waals surface area contributed by atoms with Crippen LogP contribution in [0.2, 0.25) is 0 Å². The molecule has 0 N–H and O–H groups in total. The minimum absolute atomic E-state index is 0.0475. The lowest BCUT2D eigenvalue weighted by Gasteiger charge is -2.57. The van der Waals surface area contributed by atoms with E-state index in [0.717, 1.165) is 17.8 Å². The fourth-order valence-electron chi connectivity index (χ4n) is 13.4. The first-order valence-corrected chi connectivity index (χ1v) is 23.2. The van der Waals surface area contributed by atoms with E-state index in [1.54, 1.807) is 5.56 Å². The zero-order valence-corrected chi connectivity index (χ0v) is 36.3. The molecule has 1 heteroatoms. The van der Waals surface area contributed by atoms with E-state index in [9.17, 15) is 0 Å². The van der Waals surface area contributed by atoms with Gasteiger partial charge in [-0.2, -0.15) is 0 Å². The van der Waals surface area contributed by atoms with Crippen molar-refractivity contribution in [2.45, 2.75) is 75.5 Å². The zero-order chi connectivity index (χ0) is 41.6. The Hall–Kier alpha value is -6.18. The summed E-state index contributed by atoms with van der Waals surface area (Å²) >= 11 is 0. The van der Waals surface area contributed by atoms with Crippen molar-refractivity contribution in [2.24, 2.45) is 17.8 Å². The van der Waals surface area contributed by atoms with Crippen LogP contribution in [0.25, 0.3) is 33.0 Å². The Balaban J connectivity index is 1.12. The average Bonchev–Trinajstić information content (AvgIpc) is 3.59. The summed E-state index contributed by atoms with van der Waals surface area (Å²) in [6.45, 7) is 7.04. The normalized spacial score (nSPS) is 21.8. The fraction of sp³-hybridized carbons (Fsp3) is 0.246. The first-order chi connectivity index (χ1) is 30.3. The van der Waals surface area contributed by atoms with Crippen LogP contribution in [0.4, 0.5) is 17.1 Å². The van der Waals surface area contributed by atoms with Crippen LogP contribution in [-0.2, 0) is 16.2 Å². The smallest absolute Gasteiger partial charge is 0.0714 e. The van der Waals surface area contributed by atoms with Crippen molar-refractivity contribution in [3.05, 3.63) is 221 Å². The molecule has 0 atom stereocenters. The van der Waals surface area contributed by atoms with Gasteiger partial charge >= 0.3 is 0 Å². The number of fused-ring (bicyclic) bond motifs is 4. The van der Waals surface area contributed by atoms with Crippen LogP contribution in [0.1, 0.15) is 92.7 Å². The summed E-state index contributed by atoms with van der Waals surface area (Å²) in [4.78, 5) is 2.59. The third kappa shape index (κ3) is 5.81. The molecule has 4 fully saturated rings. The summed E-state index contributed by atoms with van der Waals surface area (Å²) in [7, 11) is 0. The lowest BCUT2D eigenvalue weighted by molar-refractivity contribution is -0.00518. The molecule has 0 radical (unpaired) electrons. The monoisotopic (exact) mass is 801 g/mol. The van der Waals surface area contributed by atoms with E-state index in [2.05, 4.69) is 214 Å². The van der Waals surface area contributed by atoms with Gasteiger partial charge in [-0.3, -0.25) is 0 Å². The first kappa shape index (κ1) is 37.6. The molecule has 0 aromatic heterocycles. The maximum atomic E-state index is 2.59. The van der Waals surface area contributed by atoms with Crippen molar-refractivity contribution in [1.29, 1.82) is 0 Å². The highest BCUT2D eigenvalue weighted by Crippen LogP contribution is 2.61. The molecule has 0 amide bonds. The lowest BCUT2D eigenvalue weighted by atomic mass is 9.48. The number of rotatable bonds is 7. The maximum absolute atomic E-state index is 2.59. The van der Waals surface area contributed by atoms with Gasteiger partial charge < -0.3 is 4.90 Å². The van der Waals surface area contributed by atoms with Crippen molar-refractivity contribution < 1.29 is 0 Å². The summed E-state index contributed by atoms with van der Waals surface area (Å²) in [6, 6.07) is 71.8. The van der Waals surface area contributed by atoms with E-state index in [1.807, 2.05) is 0 Å². The highest BCUT2D eigenvalue weighted by Gasteiger charge is 2.52. The van der Waals surface area contributed by atoms with Gasteiger partial charge in [-0.15, -0.1) is 0 Å². The van der Waals surface area contributed by atoms with Crippen molar-refractivity contribution in [1.82, 2.24) is 0 Å². The summed E-state index contributed by atoms with van der Waals surface area (Å²) < 4.78 is 0. The molecule has 8 aromatic carbocycles. The van der Waals surface area contributed by atoms with Crippen molar-refractivity contribution in [3.8, 4) is 22.3 Å². The molecular weight excluding hydrogens is 747 g/mol. The van der Waals surface area contributed by atoms with Gasteiger partial charge in [0, 0.05) is 16.9 Å². The van der Waals surface area contributed by atoms with E-state index >= 15 is 0 Å². The van der Waals surface area contributed by atoms with E-state index in [0.29, 0.717) is 5.41 Å². The number of hydrogen-bond donors (Lipinski definition) is 0. The minimum atomic E-state index is -0.496. The standard InChI is InChI=1S/C61H55N/c1-59(2,3)55-24-14-12-23-52(55)54-35-44-16-10-11-17-45(44)36-58(54)62(49-28-26-46(27-29-49)60-38-41-32-42(39-60)34-43(33-41)40-60)50-30-31-53-51-22-13-15-25-56(51)61(57(53)37-50,47-18-6-4-7-19-47)48-20-8-5-9-21-48/h4-31,35-37,41-43H,32-34,38-40H2,1-3H3. The molecule has 8 aromatic rings. The van der Waals surface area contributed by atoms with E-state index in [-0.39, 0.29) is 5.41 Å². The molecule has 13 rings (SSSR count). The predicted molar refractivity (Wildman–Crippen MR) is 260 cm³/mol. The van der Waals surface area contributed by atoms with Crippen LogP contribution in [0.5, 0.6) is 0 Å². The Labute approximate surface area is 368 Å². The number of nitrogens with zero attached hydrogens (tertiary/aromatic N) is 1. The van der Waals surface area contributed by atoms with Gasteiger partial charge in [-0.25, -0.2) is 0 Å². The van der Waals surface area contributed by atoms with Crippen LogP contribution < -0.4 is 4.90 Å². The fourth-order valence-corrected chi connectivity index (χ4v) is 13.4. The lowest BCUT2D eigenvalue weighted by Crippen LogP contribution is -2.48. The zero-order valence-electron chi connectivity index (χ0n) is 36.3. The number of benzene rings is 8. The minimum Gasteiger partial charge on any atom is -0.310 e. The van der Waals surface area contributed by atoms with Gasteiger partial charge in [0.1, 0.15) is 0 Å². The Bertz CT molecular complexity index is 2890. The second-order valence-electron chi connectivity index (χ2n) is 20.3. The molecule has 4 saturated carbocycles. The second-order valence-corrected chi connectivity index (χ2v) is 20.3. The molecular formula is C61H55N. The molecule has 0 unspecified atom stereocenters. The van der Waals surface area contributed by atoms with Crippen LogP contribution >= 0.6 is 0 Å². The SMILES string of the molecule is CC(C)(C)c1ccccc1-c1cc2ccccc2cc1N(c1ccc(C23CC4CC(CC(C4)C2)C3)cc1)c1ccc2c(c1)C(c1ccccc1)(c1ccccc1)c1ccccc1-2. The largest absolute Gasteiger partial charge is 0.310 e. The van der Waals surface area contributed by atoms with Gasteiger partial charge in [-0.1, -0.05) is 172 Å². The van der Waals surface area contributed by atoms with Gasteiger partial charge in [0.2, 0.25) is 0 Å². The maximum Gasteiger partial charge on any atom is 0.0714 e. The molecule has 4 bridgehead atoms. The molecule has 5 aliphatic carbocycles. The molecule has 0 saturated heterocycles. The molecule has 0 spiro atoms. The van der Waals surface area contributed by atoms with Crippen molar-refractivity contribution in [2.75, 3.05) is 4.90 Å². The van der Waals surface area contributed by atoms with Crippen LogP contribution in [-0.4, -0.2) is 0 Å². The number of hydrogen-bond acceptors (Lipinski definition) is 1. The average molecular weight is 802 g/mol. The highest BCUT2D eigenvalue weighted by atomic mass is 15.1. The van der Waals surface area contributed by atoms with Gasteiger partial charge in [0.15, 0.2) is 0 Å². The number of anilines is 3. The summed E-state index contributed by atoms with van der Waals surface area (Å²) in [5, 5.41) is 2.50. The Morgan fingerprint density at radius 1 is 0.419 bits per heavy atom. The quantitative estimate of drug-likeness (QED) is 0.155. The van der Waals surface area contributed by atoms with Crippen molar-refractivity contribution in [3.63, 3.8) is 0 Å². The third-order valence-electron chi connectivity index (χ3n) is 15.6. The molecule has 62 heavy (non-hydrogen) atoms. The van der Waals surface area contributed by atoms with Gasteiger partial charge in [0.25, 0.3) is 0 Å². The molecule has 304 valence electrons. The molecule has 1 nitrogen and oxygen atoms in total. The first-order valence-electron chi connectivity index (χ1n) is 23.2. The van der Waals surface area contributed by atoms with Gasteiger partial charge in [-0.05, 0) is 164 Å². The Morgan fingerprint density at radius 3 is 1.56 bits per heavy atom. The summed E-state index contributed by atoms with van der Waals surface area (Å²) in [6.07, 6.45) is 8.48. The third-order valence-corrected chi connectivity index (χ3v) is 15.6. The summed E-state index contributed by atoms with van der Waals surface area (Å²) in [5.74, 6) is 2.72. The molecule has 0 heterocycles. The topological polar surface area (TPSA) is 3.24 Å². The van der Waals surface area contributed by atoms with E-state index in [4.69, 9.17) is 0 Å². The summed E-state index contributed by atoms with van der Waals surface area (Å²) in [5.41, 5.74) is 16.6. The predicted octanol–water partition coefficient (Wildman–Crippen LogP) is 16.1. The second kappa shape index (κ2) is 14.2. The highest BCUT2D eigenvalue weighted by molar-refractivity contribution is 6.00. The van der Waals surface area contributed by atoms with Gasteiger partial charge in [0.05, 0.1) is 11.1 Å². The molecule has 0 aliphatic heterocycles. The van der Waals surface area contributed by atoms with Crippen LogP contribution in [0, 0.1) is 17.8 Å². The Morgan fingerprint density at radius 2 is 0.935 bits per heavy atom. The molecule has 5 aliphatic rings.